The van der Waals surface area contributed by atoms with Gasteiger partial charge in [-0.2, -0.15) is 0 Å². The van der Waals surface area contributed by atoms with Gasteiger partial charge in [-0.15, -0.1) is 21.5 Å². The maximum absolute atomic E-state index is 13.0. The summed E-state index contributed by atoms with van der Waals surface area (Å²) in [6, 6.07) is 6.79. The number of rotatable bonds is 7. The second-order valence-corrected chi connectivity index (χ2v) is 9.31. The monoisotopic (exact) mass is 479 g/mol. The summed E-state index contributed by atoms with van der Waals surface area (Å²) in [6.07, 6.45) is 0. The van der Waals surface area contributed by atoms with Crippen LogP contribution in [0.25, 0.3) is 0 Å². The van der Waals surface area contributed by atoms with Crippen LogP contribution in [0.2, 0.25) is 5.02 Å². The molecule has 0 saturated carbocycles. The van der Waals surface area contributed by atoms with E-state index in [1.807, 2.05) is 38.1 Å². The van der Waals surface area contributed by atoms with Gasteiger partial charge in [-0.25, -0.2) is 4.79 Å². The first-order valence-electron chi connectivity index (χ1n) is 9.30. The van der Waals surface area contributed by atoms with Crippen LogP contribution < -0.4 is 11.1 Å². The summed E-state index contributed by atoms with van der Waals surface area (Å²) < 4.78 is 6.42. The number of amides is 1. The molecular weight excluding hydrogens is 458 g/mol. The zero-order valence-corrected chi connectivity index (χ0v) is 19.8. The summed E-state index contributed by atoms with van der Waals surface area (Å²) in [7, 11) is 1.31. The lowest BCUT2D eigenvalue weighted by atomic mass is 10.1. The van der Waals surface area contributed by atoms with Crippen molar-refractivity contribution >= 4 is 57.5 Å². The van der Waals surface area contributed by atoms with Crippen molar-refractivity contribution in [2.45, 2.75) is 37.7 Å². The van der Waals surface area contributed by atoms with Gasteiger partial charge in [0.15, 0.2) is 5.16 Å². The van der Waals surface area contributed by atoms with Crippen molar-refractivity contribution < 1.29 is 14.3 Å². The molecule has 0 radical (unpaired) electrons. The molecule has 8 nitrogen and oxygen atoms in total. The maximum Gasteiger partial charge on any atom is 0.341 e. The van der Waals surface area contributed by atoms with E-state index in [9.17, 15) is 9.59 Å². The summed E-state index contributed by atoms with van der Waals surface area (Å²) in [4.78, 5) is 26.1. The van der Waals surface area contributed by atoms with Crippen molar-refractivity contribution in [1.82, 2.24) is 14.8 Å². The van der Waals surface area contributed by atoms with Crippen LogP contribution >= 0.6 is 34.7 Å². The van der Waals surface area contributed by atoms with Crippen molar-refractivity contribution in [3.63, 3.8) is 0 Å². The van der Waals surface area contributed by atoms with Gasteiger partial charge in [0, 0.05) is 15.7 Å². The Bertz CT molecular complexity index is 1130. The molecule has 31 heavy (non-hydrogen) atoms. The molecule has 3 aromatic rings. The lowest BCUT2D eigenvalue weighted by Gasteiger charge is -2.16. The Morgan fingerprint density at radius 1 is 1.32 bits per heavy atom. The summed E-state index contributed by atoms with van der Waals surface area (Å²) in [5.74, 6) is -0.180. The number of thioether (sulfide) groups is 1. The number of esters is 1. The van der Waals surface area contributed by atoms with Crippen LogP contribution in [0, 0.1) is 13.8 Å². The van der Waals surface area contributed by atoms with Crippen LogP contribution in [0.4, 0.5) is 10.9 Å². The maximum atomic E-state index is 13.0. The van der Waals surface area contributed by atoms with Gasteiger partial charge < -0.3 is 15.8 Å². The normalized spacial score (nSPS) is 11.9. The zero-order valence-electron chi connectivity index (χ0n) is 17.4. The molecule has 3 rings (SSSR count). The molecule has 1 aromatic carbocycles. The minimum atomic E-state index is -0.711. The van der Waals surface area contributed by atoms with E-state index >= 15 is 0 Å². The van der Waals surface area contributed by atoms with E-state index < -0.39 is 12.0 Å². The van der Waals surface area contributed by atoms with Crippen molar-refractivity contribution in [3.8, 4) is 0 Å². The quantitative estimate of drug-likeness (QED) is 0.379. The summed E-state index contributed by atoms with van der Waals surface area (Å²) in [5, 5.41) is 12.4. The SMILES string of the molecule is COC(=O)c1c(NC(=O)C(C)n2c(N)nnc2SCc2ccccc2Cl)sc(C)c1C. The number of aromatic nitrogens is 3. The lowest BCUT2D eigenvalue weighted by molar-refractivity contribution is -0.118. The van der Waals surface area contributed by atoms with Gasteiger partial charge in [0.2, 0.25) is 11.9 Å². The Morgan fingerprint density at radius 2 is 2.03 bits per heavy atom. The minimum Gasteiger partial charge on any atom is -0.465 e. The van der Waals surface area contributed by atoms with Gasteiger partial charge in [0.05, 0.1) is 12.7 Å². The summed E-state index contributed by atoms with van der Waals surface area (Å²) in [5.41, 5.74) is 8.07. The molecule has 164 valence electrons. The third kappa shape index (κ3) is 4.86. The number of thiophene rings is 1. The fourth-order valence-electron chi connectivity index (χ4n) is 2.91. The van der Waals surface area contributed by atoms with Crippen LogP contribution in [0.1, 0.15) is 39.3 Å². The Kier molecular flexibility index (Phi) is 7.24. The van der Waals surface area contributed by atoms with Gasteiger partial charge in [-0.05, 0) is 38.0 Å². The van der Waals surface area contributed by atoms with E-state index in [1.54, 1.807) is 11.5 Å². The molecule has 1 amide bonds. The average Bonchev–Trinajstić information content (AvgIpc) is 3.25. The smallest absolute Gasteiger partial charge is 0.341 e. The highest BCUT2D eigenvalue weighted by Gasteiger charge is 2.26. The zero-order chi connectivity index (χ0) is 22.7. The molecule has 0 fully saturated rings. The number of halogens is 1. The van der Waals surface area contributed by atoms with Crippen molar-refractivity contribution in [1.29, 1.82) is 0 Å². The molecular formula is C20H22ClN5O3S2. The average molecular weight is 480 g/mol. The number of nitrogens with zero attached hydrogens (tertiary/aromatic N) is 3. The number of nitrogen functional groups attached to an aromatic ring is 1. The molecule has 1 unspecified atom stereocenters. The highest BCUT2D eigenvalue weighted by molar-refractivity contribution is 7.98. The molecule has 2 aromatic heterocycles. The summed E-state index contributed by atoms with van der Waals surface area (Å²) >= 11 is 8.92. The highest BCUT2D eigenvalue weighted by Crippen LogP contribution is 2.34. The second-order valence-electron chi connectivity index (χ2n) is 6.74. The molecule has 2 heterocycles. The van der Waals surface area contributed by atoms with Crippen LogP contribution in [-0.4, -0.2) is 33.8 Å². The van der Waals surface area contributed by atoms with Crippen LogP contribution in [-0.2, 0) is 15.3 Å². The molecule has 3 N–H and O–H groups in total. The van der Waals surface area contributed by atoms with E-state index in [0.717, 1.165) is 16.0 Å². The number of anilines is 2. The third-order valence-electron chi connectivity index (χ3n) is 4.78. The number of carbonyl (C=O) groups is 2. The number of benzene rings is 1. The number of carbonyl (C=O) groups excluding carboxylic acids is 2. The topological polar surface area (TPSA) is 112 Å². The third-order valence-corrected chi connectivity index (χ3v) is 7.27. The molecule has 0 bridgehead atoms. The Balaban J connectivity index is 1.81. The fraction of sp³-hybridized carbons (Fsp3) is 0.300. The first-order chi connectivity index (χ1) is 14.7. The highest BCUT2D eigenvalue weighted by atomic mass is 35.5. The number of nitrogens with two attached hydrogens (primary N) is 1. The van der Waals surface area contributed by atoms with Crippen molar-refractivity contribution in [2.75, 3.05) is 18.2 Å². The number of ether oxygens (including phenoxy) is 1. The molecule has 0 aliphatic heterocycles. The first-order valence-corrected chi connectivity index (χ1v) is 11.5. The number of nitrogens with one attached hydrogen (secondary N) is 1. The van der Waals surface area contributed by atoms with Crippen molar-refractivity contribution in [3.05, 3.63) is 50.9 Å². The van der Waals surface area contributed by atoms with Gasteiger partial charge >= 0.3 is 5.97 Å². The van der Waals surface area contributed by atoms with E-state index in [2.05, 4.69) is 15.5 Å². The Morgan fingerprint density at radius 3 is 2.71 bits per heavy atom. The molecule has 0 saturated heterocycles. The first kappa shape index (κ1) is 23.1. The van der Waals surface area contributed by atoms with E-state index in [-0.39, 0.29) is 11.9 Å². The van der Waals surface area contributed by atoms with Crippen LogP contribution in [0.3, 0.4) is 0 Å². The lowest BCUT2D eigenvalue weighted by Crippen LogP contribution is -2.25. The van der Waals surface area contributed by atoms with E-state index in [0.29, 0.717) is 26.5 Å². The van der Waals surface area contributed by atoms with E-state index in [4.69, 9.17) is 22.1 Å². The molecule has 0 aliphatic rings. The van der Waals surface area contributed by atoms with Gasteiger partial charge in [0.25, 0.3) is 0 Å². The van der Waals surface area contributed by atoms with Gasteiger partial charge in [0.1, 0.15) is 11.0 Å². The van der Waals surface area contributed by atoms with E-state index in [1.165, 1.54) is 30.2 Å². The predicted molar refractivity (Wildman–Crippen MR) is 124 cm³/mol. The number of hydrogen-bond donors (Lipinski definition) is 2. The summed E-state index contributed by atoms with van der Waals surface area (Å²) in [6.45, 7) is 5.39. The van der Waals surface area contributed by atoms with Gasteiger partial charge in [-0.3, -0.25) is 9.36 Å². The van der Waals surface area contributed by atoms with Crippen LogP contribution in [0.15, 0.2) is 29.4 Å². The number of methoxy groups -OCH3 is 1. The Hall–Kier alpha value is -2.56. The molecule has 0 aliphatic carbocycles. The van der Waals surface area contributed by atoms with Gasteiger partial charge in [-0.1, -0.05) is 41.6 Å². The van der Waals surface area contributed by atoms with Crippen LogP contribution in [0.5, 0.6) is 0 Å². The number of hydrogen-bond acceptors (Lipinski definition) is 8. The largest absolute Gasteiger partial charge is 0.465 e. The molecule has 1 atom stereocenters. The fourth-order valence-corrected chi connectivity index (χ4v) is 5.26. The standard InChI is InChI=1S/C20H22ClN5O3S2/c1-10-12(3)31-17(15(10)18(28)29-4)23-16(27)11(2)26-19(22)24-25-20(26)30-9-13-7-5-6-8-14(13)21/h5-8,11H,9H2,1-4H3,(H2,22,24)(H,23,27). The second kappa shape index (κ2) is 9.71. The molecule has 11 heteroatoms. The Labute approximate surface area is 193 Å². The molecule has 0 spiro atoms. The predicted octanol–water partition coefficient (Wildman–Crippen LogP) is 4.47. The minimum absolute atomic E-state index is 0.121. The number of aryl methyl sites for hydroxylation is 1. The van der Waals surface area contributed by atoms with Crippen molar-refractivity contribution in [2.24, 2.45) is 0 Å².